The van der Waals surface area contributed by atoms with Gasteiger partial charge >= 0.3 is 5.96 Å². The maximum atomic E-state index is 2.61. The van der Waals surface area contributed by atoms with Crippen LogP contribution in [0.3, 0.4) is 0 Å². The molecule has 4 heteroatoms. The van der Waals surface area contributed by atoms with Crippen molar-refractivity contribution in [2.45, 2.75) is 80.1 Å². The first kappa shape index (κ1) is 24.8. The van der Waals surface area contributed by atoms with Crippen molar-refractivity contribution in [3.8, 4) is 0 Å². The Balaban J connectivity index is 0. The van der Waals surface area contributed by atoms with Gasteiger partial charge in [0.05, 0.1) is 39.3 Å². The molecule has 23 heavy (non-hydrogen) atoms. The molecule has 0 heterocycles. The average molecular weight is 348 g/mol. The second-order valence-electron chi connectivity index (χ2n) is 6.10. The number of hydrogen-bond donors (Lipinski definition) is 0. The summed E-state index contributed by atoms with van der Waals surface area (Å²) in [5, 5.41) is 0. The SMILES string of the molecule is CCCCN(CC)C(N(CC)CCCC)=[N+](CC)CCCC.[Cl-]. The molecule has 0 aliphatic heterocycles. The maximum Gasteiger partial charge on any atom is 0.350 e. The molecule has 0 aromatic carbocycles. The Morgan fingerprint density at radius 2 is 1.13 bits per heavy atom. The van der Waals surface area contributed by atoms with E-state index in [0.717, 1.165) is 19.6 Å². The van der Waals surface area contributed by atoms with E-state index in [2.05, 4.69) is 55.9 Å². The topological polar surface area (TPSA) is 9.49 Å². The van der Waals surface area contributed by atoms with Crippen LogP contribution in [0.4, 0.5) is 0 Å². The van der Waals surface area contributed by atoms with Crippen LogP contribution in [0, 0.1) is 0 Å². The van der Waals surface area contributed by atoms with Crippen molar-refractivity contribution in [1.82, 2.24) is 9.80 Å². The zero-order chi connectivity index (χ0) is 16.8. The molecule has 0 atom stereocenters. The lowest BCUT2D eigenvalue weighted by molar-refractivity contribution is -0.535. The molecule has 0 aromatic heterocycles. The van der Waals surface area contributed by atoms with Crippen LogP contribution in [-0.2, 0) is 0 Å². The molecule has 0 rings (SSSR count). The highest BCUT2D eigenvalue weighted by atomic mass is 35.5. The Labute approximate surface area is 152 Å². The molecule has 0 amide bonds. The maximum absolute atomic E-state index is 2.61. The first-order valence-electron chi connectivity index (χ1n) is 9.81. The third-order valence-electron chi connectivity index (χ3n) is 4.34. The van der Waals surface area contributed by atoms with Gasteiger partial charge in [-0.3, -0.25) is 14.4 Å². The molecular formula is C19H42ClN3. The van der Waals surface area contributed by atoms with Crippen LogP contribution >= 0.6 is 0 Å². The van der Waals surface area contributed by atoms with E-state index in [1.54, 1.807) is 0 Å². The Bertz CT molecular complexity index is 274. The number of guanidine groups is 1. The van der Waals surface area contributed by atoms with Crippen LogP contribution in [0.2, 0.25) is 0 Å². The highest BCUT2D eigenvalue weighted by Crippen LogP contribution is 2.06. The van der Waals surface area contributed by atoms with E-state index in [4.69, 9.17) is 0 Å². The molecule has 140 valence electrons. The Morgan fingerprint density at radius 1 is 0.696 bits per heavy atom. The van der Waals surface area contributed by atoms with Gasteiger partial charge in [-0.05, 0) is 40.0 Å². The van der Waals surface area contributed by atoms with Gasteiger partial charge in [-0.15, -0.1) is 0 Å². The van der Waals surface area contributed by atoms with Crippen LogP contribution in [0.15, 0.2) is 0 Å². The lowest BCUT2D eigenvalue weighted by Gasteiger charge is -2.29. The van der Waals surface area contributed by atoms with Crippen molar-refractivity contribution < 1.29 is 17.0 Å². The first-order chi connectivity index (χ1) is 10.7. The number of halogens is 1. The molecule has 0 fully saturated rings. The molecule has 0 bridgehead atoms. The summed E-state index contributed by atoms with van der Waals surface area (Å²) in [6.07, 6.45) is 7.67. The van der Waals surface area contributed by atoms with Gasteiger partial charge in [-0.25, -0.2) is 0 Å². The Kier molecular flexibility index (Phi) is 17.7. The van der Waals surface area contributed by atoms with E-state index in [0.29, 0.717) is 0 Å². The van der Waals surface area contributed by atoms with Gasteiger partial charge in [-0.1, -0.05) is 40.0 Å². The summed E-state index contributed by atoms with van der Waals surface area (Å²) in [6, 6.07) is 0. The Morgan fingerprint density at radius 3 is 1.43 bits per heavy atom. The number of nitrogens with zero attached hydrogens (tertiary/aromatic N) is 3. The predicted octanol–water partition coefficient (Wildman–Crippen LogP) is 1.42. The molecule has 0 spiro atoms. The van der Waals surface area contributed by atoms with Crippen molar-refractivity contribution >= 4 is 5.96 Å². The molecular weight excluding hydrogens is 306 g/mol. The molecule has 0 radical (unpaired) electrons. The molecule has 0 aliphatic carbocycles. The molecule has 0 N–H and O–H groups in total. The monoisotopic (exact) mass is 347 g/mol. The van der Waals surface area contributed by atoms with Gasteiger partial charge in [0, 0.05) is 0 Å². The smallest absolute Gasteiger partial charge is 0.350 e. The molecule has 0 unspecified atom stereocenters. The molecule has 0 aromatic rings. The van der Waals surface area contributed by atoms with Crippen molar-refractivity contribution in [1.29, 1.82) is 0 Å². The molecule has 0 aliphatic rings. The van der Waals surface area contributed by atoms with Crippen molar-refractivity contribution in [3.05, 3.63) is 0 Å². The fourth-order valence-corrected chi connectivity index (χ4v) is 2.85. The molecule has 0 saturated carbocycles. The molecule has 0 saturated heterocycles. The second-order valence-corrected chi connectivity index (χ2v) is 6.10. The first-order valence-corrected chi connectivity index (χ1v) is 9.81. The highest BCUT2D eigenvalue weighted by molar-refractivity contribution is 5.75. The number of unbranched alkanes of at least 4 members (excludes halogenated alkanes) is 3. The average Bonchev–Trinajstić information content (AvgIpc) is 2.55. The summed E-state index contributed by atoms with van der Waals surface area (Å²) in [7, 11) is 0. The standard InChI is InChI=1S/C19H42N3.ClH/c1-7-13-16-20(10-4)19(21(11-5)17-14-8-2)22(12-6)18-15-9-3;/h7-18H2,1-6H3;1H/q+1;/p-1. The van der Waals surface area contributed by atoms with E-state index >= 15 is 0 Å². The third kappa shape index (κ3) is 9.44. The van der Waals surface area contributed by atoms with Crippen LogP contribution in [0.25, 0.3) is 0 Å². The third-order valence-corrected chi connectivity index (χ3v) is 4.34. The van der Waals surface area contributed by atoms with E-state index in [9.17, 15) is 0 Å². The minimum atomic E-state index is 0. The van der Waals surface area contributed by atoms with Crippen LogP contribution in [0.1, 0.15) is 80.1 Å². The summed E-state index contributed by atoms with van der Waals surface area (Å²) < 4.78 is 2.61. The fourth-order valence-electron chi connectivity index (χ4n) is 2.85. The van der Waals surface area contributed by atoms with Gasteiger partial charge in [-0.2, -0.15) is 0 Å². The van der Waals surface area contributed by atoms with Crippen LogP contribution < -0.4 is 12.4 Å². The van der Waals surface area contributed by atoms with Crippen molar-refractivity contribution in [2.75, 3.05) is 39.3 Å². The van der Waals surface area contributed by atoms with Crippen molar-refractivity contribution in [2.24, 2.45) is 0 Å². The number of hydrogen-bond acceptors (Lipinski definition) is 0. The lowest BCUT2D eigenvalue weighted by atomic mass is 10.3. The van der Waals surface area contributed by atoms with E-state index in [-0.39, 0.29) is 12.4 Å². The Hall–Kier alpha value is -0.440. The normalized spacial score (nSPS) is 10.2. The van der Waals surface area contributed by atoms with Crippen LogP contribution in [0.5, 0.6) is 0 Å². The summed E-state index contributed by atoms with van der Waals surface area (Å²) >= 11 is 0. The second kappa shape index (κ2) is 16.4. The van der Waals surface area contributed by atoms with E-state index in [1.165, 1.54) is 64.1 Å². The highest BCUT2D eigenvalue weighted by Gasteiger charge is 2.26. The van der Waals surface area contributed by atoms with Gasteiger partial charge < -0.3 is 12.4 Å². The zero-order valence-corrected chi connectivity index (χ0v) is 17.5. The van der Waals surface area contributed by atoms with E-state index < -0.39 is 0 Å². The summed E-state index contributed by atoms with van der Waals surface area (Å²) in [4.78, 5) is 5.23. The summed E-state index contributed by atoms with van der Waals surface area (Å²) in [5.41, 5.74) is 0. The predicted molar refractivity (Wildman–Crippen MR) is 99.9 cm³/mol. The minimum Gasteiger partial charge on any atom is -1.00 e. The number of rotatable bonds is 12. The van der Waals surface area contributed by atoms with Crippen molar-refractivity contribution in [3.63, 3.8) is 0 Å². The zero-order valence-electron chi connectivity index (χ0n) is 16.7. The lowest BCUT2D eigenvalue weighted by Crippen LogP contribution is -3.00. The fraction of sp³-hybridized carbons (Fsp3) is 0.947. The quantitative estimate of drug-likeness (QED) is 0.300. The van der Waals surface area contributed by atoms with Gasteiger partial charge in [0.2, 0.25) is 0 Å². The summed E-state index contributed by atoms with van der Waals surface area (Å²) in [6.45, 7) is 20.7. The van der Waals surface area contributed by atoms with Gasteiger partial charge in [0.15, 0.2) is 0 Å². The minimum absolute atomic E-state index is 0. The molecule has 3 nitrogen and oxygen atoms in total. The van der Waals surface area contributed by atoms with Gasteiger partial charge in [0.1, 0.15) is 0 Å². The van der Waals surface area contributed by atoms with E-state index in [1.807, 2.05) is 0 Å². The van der Waals surface area contributed by atoms with Crippen LogP contribution in [-0.4, -0.2) is 59.6 Å². The largest absolute Gasteiger partial charge is 1.00 e. The summed E-state index contributed by atoms with van der Waals surface area (Å²) in [5.74, 6) is 1.49. The van der Waals surface area contributed by atoms with Gasteiger partial charge in [0.25, 0.3) is 0 Å².